The zero-order chi connectivity index (χ0) is 11.9. The largest absolute Gasteiger partial charge is 0.393 e. The molecular formula is C9H20N2O3S. The van der Waals surface area contributed by atoms with Gasteiger partial charge in [-0.05, 0) is 25.4 Å². The standard InChI is InChI=1S/C9H20N2O3S/c1-9(14,6-12)5-11-8(13)7(10)3-4-15-2/h7,12,14H,3-6,10H2,1-2H3,(H,11,13)/t7-,9?/m1/s1. The fourth-order valence-corrected chi connectivity index (χ4v) is 1.33. The summed E-state index contributed by atoms with van der Waals surface area (Å²) in [6, 6.07) is -0.549. The molecular weight excluding hydrogens is 216 g/mol. The number of carbonyl (C=O) groups excluding carboxylic acids is 1. The molecule has 0 heterocycles. The summed E-state index contributed by atoms with van der Waals surface area (Å²) >= 11 is 1.63. The molecule has 0 saturated heterocycles. The van der Waals surface area contributed by atoms with Gasteiger partial charge in [-0.3, -0.25) is 4.79 Å². The highest BCUT2D eigenvalue weighted by molar-refractivity contribution is 7.98. The van der Waals surface area contributed by atoms with Crippen LogP contribution >= 0.6 is 11.8 Å². The first-order valence-corrected chi connectivity index (χ1v) is 6.18. The molecule has 0 aromatic carbocycles. The Bertz CT molecular complexity index is 200. The Labute approximate surface area is 94.4 Å². The third kappa shape index (κ3) is 6.72. The molecule has 2 atom stereocenters. The third-order valence-corrected chi connectivity index (χ3v) is 2.60. The van der Waals surface area contributed by atoms with Gasteiger partial charge in [0.2, 0.25) is 5.91 Å². The number of nitrogens with two attached hydrogens (primary N) is 1. The fraction of sp³-hybridized carbons (Fsp3) is 0.889. The van der Waals surface area contributed by atoms with E-state index in [0.29, 0.717) is 6.42 Å². The summed E-state index contributed by atoms with van der Waals surface area (Å²) in [5, 5.41) is 20.7. The van der Waals surface area contributed by atoms with Gasteiger partial charge in [-0.1, -0.05) is 0 Å². The van der Waals surface area contributed by atoms with Gasteiger partial charge < -0.3 is 21.3 Å². The molecule has 0 bridgehead atoms. The maximum Gasteiger partial charge on any atom is 0.237 e. The molecule has 5 N–H and O–H groups in total. The topological polar surface area (TPSA) is 95.6 Å². The molecule has 1 amide bonds. The minimum absolute atomic E-state index is 0.00923. The van der Waals surface area contributed by atoms with Crippen molar-refractivity contribution in [1.82, 2.24) is 5.32 Å². The number of hydrogen-bond acceptors (Lipinski definition) is 5. The normalized spacial score (nSPS) is 16.9. The zero-order valence-corrected chi connectivity index (χ0v) is 10.0. The summed E-state index contributed by atoms with van der Waals surface area (Å²) in [5.41, 5.74) is 4.32. The Morgan fingerprint density at radius 2 is 2.27 bits per heavy atom. The Hall–Kier alpha value is -0.300. The van der Waals surface area contributed by atoms with Crippen molar-refractivity contribution in [2.45, 2.75) is 25.0 Å². The molecule has 0 spiro atoms. The van der Waals surface area contributed by atoms with Gasteiger partial charge in [-0.2, -0.15) is 11.8 Å². The number of aliphatic hydroxyl groups excluding tert-OH is 1. The van der Waals surface area contributed by atoms with Gasteiger partial charge in [0.1, 0.15) is 5.60 Å². The van der Waals surface area contributed by atoms with E-state index in [9.17, 15) is 9.90 Å². The number of nitrogens with one attached hydrogen (secondary N) is 1. The number of rotatable bonds is 7. The molecule has 0 aliphatic heterocycles. The molecule has 90 valence electrons. The fourth-order valence-electron chi connectivity index (χ4n) is 0.840. The molecule has 0 saturated carbocycles. The van der Waals surface area contributed by atoms with Crippen molar-refractivity contribution in [3.8, 4) is 0 Å². The number of hydrogen-bond donors (Lipinski definition) is 4. The number of thioether (sulfide) groups is 1. The molecule has 0 aliphatic carbocycles. The van der Waals surface area contributed by atoms with Crippen LogP contribution in [0, 0.1) is 0 Å². The number of amides is 1. The van der Waals surface area contributed by atoms with E-state index in [1.807, 2.05) is 6.26 Å². The van der Waals surface area contributed by atoms with Crippen LogP contribution in [0.15, 0.2) is 0 Å². The lowest BCUT2D eigenvalue weighted by Crippen LogP contribution is -2.48. The number of carbonyl (C=O) groups is 1. The van der Waals surface area contributed by atoms with Gasteiger partial charge in [0.25, 0.3) is 0 Å². The predicted octanol–water partition coefficient (Wildman–Crippen LogP) is -1.07. The van der Waals surface area contributed by atoms with E-state index in [0.717, 1.165) is 5.75 Å². The number of aliphatic hydroxyl groups is 2. The van der Waals surface area contributed by atoms with Crippen molar-refractivity contribution >= 4 is 17.7 Å². The van der Waals surface area contributed by atoms with E-state index in [1.54, 1.807) is 11.8 Å². The van der Waals surface area contributed by atoms with E-state index >= 15 is 0 Å². The lowest BCUT2D eigenvalue weighted by atomic mass is 10.1. The lowest BCUT2D eigenvalue weighted by molar-refractivity contribution is -0.123. The SMILES string of the molecule is CSCC[C@@H](N)C(=O)NCC(C)(O)CO. The molecule has 15 heavy (non-hydrogen) atoms. The summed E-state index contributed by atoms with van der Waals surface area (Å²) in [4.78, 5) is 11.4. The summed E-state index contributed by atoms with van der Waals surface area (Å²) in [6.45, 7) is 1.06. The van der Waals surface area contributed by atoms with Crippen LogP contribution < -0.4 is 11.1 Å². The molecule has 0 radical (unpaired) electrons. The molecule has 0 aliphatic rings. The average molecular weight is 236 g/mol. The smallest absolute Gasteiger partial charge is 0.237 e. The van der Waals surface area contributed by atoms with Gasteiger partial charge in [0, 0.05) is 6.54 Å². The minimum atomic E-state index is -1.28. The van der Waals surface area contributed by atoms with E-state index in [-0.39, 0.29) is 12.5 Å². The summed E-state index contributed by atoms with van der Waals surface area (Å²) in [6.07, 6.45) is 2.55. The Balaban J connectivity index is 3.82. The van der Waals surface area contributed by atoms with Crippen molar-refractivity contribution in [3.63, 3.8) is 0 Å². The highest BCUT2D eigenvalue weighted by Gasteiger charge is 2.21. The van der Waals surface area contributed by atoms with E-state index in [1.165, 1.54) is 6.92 Å². The predicted molar refractivity (Wildman–Crippen MR) is 61.7 cm³/mol. The Morgan fingerprint density at radius 1 is 1.67 bits per heavy atom. The molecule has 0 aromatic heterocycles. The highest BCUT2D eigenvalue weighted by atomic mass is 32.2. The first kappa shape index (κ1) is 14.7. The zero-order valence-electron chi connectivity index (χ0n) is 9.19. The van der Waals surface area contributed by atoms with E-state index in [4.69, 9.17) is 10.8 Å². The van der Waals surface area contributed by atoms with Crippen LogP contribution in [0.25, 0.3) is 0 Å². The minimum Gasteiger partial charge on any atom is -0.393 e. The third-order valence-electron chi connectivity index (χ3n) is 1.95. The first-order valence-electron chi connectivity index (χ1n) is 4.78. The molecule has 0 fully saturated rings. The summed E-state index contributed by atoms with van der Waals surface area (Å²) < 4.78 is 0. The monoisotopic (exact) mass is 236 g/mol. The molecule has 1 unspecified atom stereocenters. The van der Waals surface area contributed by atoms with Crippen LogP contribution in [0.5, 0.6) is 0 Å². The molecule has 6 heteroatoms. The van der Waals surface area contributed by atoms with Crippen molar-refractivity contribution in [2.75, 3.05) is 25.2 Å². The highest BCUT2D eigenvalue weighted by Crippen LogP contribution is 2.01. The van der Waals surface area contributed by atoms with Crippen LogP contribution in [-0.2, 0) is 4.79 Å². The van der Waals surface area contributed by atoms with Gasteiger partial charge in [0.15, 0.2) is 0 Å². The maximum atomic E-state index is 11.4. The molecule has 5 nitrogen and oxygen atoms in total. The molecule has 0 rings (SSSR count). The van der Waals surface area contributed by atoms with Gasteiger partial charge in [-0.15, -0.1) is 0 Å². The summed E-state index contributed by atoms with van der Waals surface area (Å²) in [5.74, 6) is 0.531. The van der Waals surface area contributed by atoms with Crippen molar-refractivity contribution in [1.29, 1.82) is 0 Å². The van der Waals surface area contributed by atoms with Gasteiger partial charge in [0.05, 0.1) is 12.6 Å². The summed E-state index contributed by atoms with van der Waals surface area (Å²) in [7, 11) is 0. The van der Waals surface area contributed by atoms with Crippen molar-refractivity contribution in [2.24, 2.45) is 5.73 Å². The second-order valence-corrected chi connectivity index (χ2v) is 4.75. The Kier molecular flexibility index (Phi) is 6.91. The second kappa shape index (κ2) is 7.05. The van der Waals surface area contributed by atoms with Crippen molar-refractivity contribution < 1.29 is 15.0 Å². The van der Waals surface area contributed by atoms with Crippen LogP contribution in [-0.4, -0.2) is 52.9 Å². The van der Waals surface area contributed by atoms with Crippen molar-refractivity contribution in [3.05, 3.63) is 0 Å². The molecule has 0 aromatic rings. The average Bonchev–Trinajstić information content (AvgIpc) is 2.22. The maximum absolute atomic E-state index is 11.4. The van der Waals surface area contributed by atoms with Crippen LogP contribution in [0.2, 0.25) is 0 Å². The van der Waals surface area contributed by atoms with Crippen LogP contribution in [0.4, 0.5) is 0 Å². The van der Waals surface area contributed by atoms with E-state index < -0.39 is 18.2 Å². The van der Waals surface area contributed by atoms with Gasteiger partial charge >= 0.3 is 0 Å². The van der Waals surface area contributed by atoms with Gasteiger partial charge in [-0.25, -0.2) is 0 Å². The quantitative estimate of drug-likeness (QED) is 0.451. The van der Waals surface area contributed by atoms with Crippen LogP contribution in [0.3, 0.4) is 0 Å². The second-order valence-electron chi connectivity index (χ2n) is 3.76. The lowest BCUT2D eigenvalue weighted by Gasteiger charge is -2.21. The first-order chi connectivity index (χ1) is 6.93. The van der Waals surface area contributed by atoms with Crippen LogP contribution in [0.1, 0.15) is 13.3 Å². The Morgan fingerprint density at radius 3 is 2.73 bits per heavy atom. The van der Waals surface area contributed by atoms with E-state index in [2.05, 4.69) is 5.32 Å².